The van der Waals surface area contributed by atoms with Crippen LogP contribution in [0.3, 0.4) is 0 Å². The normalized spacial score (nSPS) is 11.2. The summed E-state index contributed by atoms with van der Waals surface area (Å²) in [6, 6.07) is 0. The zero-order valence-electron chi connectivity index (χ0n) is 7.40. The molecule has 0 saturated heterocycles. The van der Waals surface area contributed by atoms with E-state index in [0.29, 0.717) is 6.42 Å². The number of allylic oxidation sites excluding steroid dienone is 1. The topological polar surface area (TPSA) is 80.3 Å². The van der Waals surface area contributed by atoms with Gasteiger partial charge in [0.15, 0.2) is 0 Å². The molecular formula is C8H13O4P-2. The van der Waals surface area contributed by atoms with Gasteiger partial charge in [-0.3, -0.25) is 4.79 Å². The van der Waals surface area contributed by atoms with Crippen molar-refractivity contribution in [1.29, 1.82) is 0 Å². The van der Waals surface area contributed by atoms with Crippen LogP contribution in [0.4, 0.5) is 0 Å². The van der Waals surface area contributed by atoms with E-state index in [2.05, 4.69) is 6.58 Å². The summed E-state index contributed by atoms with van der Waals surface area (Å²) in [5, 5.41) is 0. The molecule has 5 heteroatoms. The summed E-state index contributed by atoms with van der Waals surface area (Å²) in [5.41, 5.74) is 0. The van der Waals surface area contributed by atoms with E-state index in [1.54, 1.807) is 6.08 Å². The van der Waals surface area contributed by atoms with Gasteiger partial charge in [-0.25, -0.2) is 0 Å². The Morgan fingerprint density at radius 1 is 1.38 bits per heavy atom. The smallest absolute Gasteiger partial charge is 0.137 e. The molecule has 0 aliphatic heterocycles. The molecule has 0 saturated carbocycles. The van der Waals surface area contributed by atoms with Crippen LogP contribution in [0.5, 0.6) is 0 Å². The maximum absolute atomic E-state index is 10.8. The second-order valence-corrected chi connectivity index (χ2v) is 4.38. The molecule has 0 radical (unpaired) electrons. The minimum Gasteiger partial charge on any atom is -0.810 e. The van der Waals surface area contributed by atoms with Crippen molar-refractivity contribution in [2.45, 2.75) is 25.7 Å². The highest BCUT2D eigenvalue weighted by Gasteiger charge is 2.03. The quantitative estimate of drug-likeness (QED) is 0.337. The van der Waals surface area contributed by atoms with Crippen LogP contribution in [0.25, 0.3) is 0 Å². The van der Waals surface area contributed by atoms with Gasteiger partial charge in [-0.15, -0.1) is 6.58 Å². The van der Waals surface area contributed by atoms with Crippen molar-refractivity contribution in [3.63, 3.8) is 0 Å². The SMILES string of the molecule is C=CCCCCC(=O)CP(=O)([O-])[O-]. The number of ketones is 1. The van der Waals surface area contributed by atoms with Crippen molar-refractivity contribution in [1.82, 2.24) is 0 Å². The van der Waals surface area contributed by atoms with Crippen LogP contribution < -0.4 is 9.79 Å². The lowest BCUT2D eigenvalue weighted by Gasteiger charge is -2.28. The van der Waals surface area contributed by atoms with E-state index >= 15 is 0 Å². The van der Waals surface area contributed by atoms with Crippen LogP contribution in [0.15, 0.2) is 12.7 Å². The van der Waals surface area contributed by atoms with Crippen molar-refractivity contribution < 1.29 is 19.1 Å². The number of unbranched alkanes of at least 4 members (excludes halogenated alkanes) is 2. The fourth-order valence-electron chi connectivity index (χ4n) is 0.906. The van der Waals surface area contributed by atoms with Crippen molar-refractivity contribution in [2.24, 2.45) is 0 Å². The second kappa shape index (κ2) is 6.08. The largest absolute Gasteiger partial charge is 0.810 e. The van der Waals surface area contributed by atoms with Gasteiger partial charge in [0.05, 0.1) is 0 Å². The summed E-state index contributed by atoms with van der Waals surface area (Å²) in [6.45, 7) is 3.51. The molecule has 0 aromatic rings. The molecule has 0 rings (SSSR count). The van der Waals surface area contributed by atoms with Gasteiger partial charge in [0.2, 0.25) is 0 Å². The van der Waals surface area contributed by atoms with E-state index < -0.39 is 19.5 Å². The molecule has 0 spiro atoms. The monoisotopic (exact) mass is 204 g/mol. The Bertz CT molecular complexity index is 218. The highest BCUT2D eigenvalue weighted by molar-refractivity contribution is 7.49. The predicted molar refractivity (Wildman–Crippen MR) is 46.1 cm³/mol. The van der Waals surface area contributed by atoms with Gasteiger partial charge >= 0.3 is 0 Å². The van der Waals surface area contributed by atoms with Crippen LogP contribution in [-0.2, 0) is 9.36 Å². The Labute approximate surface area is 77.8 Å². The van der Waals surface area contributed by atoms with Crippen LogP contribution in [0.1, 0.15) is 25.7 Å². The summed E-state index contributed by atoms with van der Waals surface area (Å²) in [6.07, 6.45) is 3.28. The second-order valence-electron chi connectivity index (χ2n) is 2.84. The lowest BCUT2D eigenvalue weighted by molar-refractivity contribution is -0.312. The van der Waals surface area contributed by atoms with E-state index in [1.165, 1.54) is 0 Å². The molecule has 0 aromatic carbocycles. The summed E-state index contributed by atoms with van der Waals surface area (Å²) >= 11 is 0. The lowest BCUT2D eigenvalue weighted by atomic mass is 10.1. The van der Waals surface area contributed by atoms with Crippen LogP contribution in [-0.4, -0.2) is 11.9 Å². The maximum atomic E-state index is 10.8. The Balaban J connectivity index is 3.52. The van der Waals surface area contributed by atoms with Crippen LogP contribution in [0, 0.1) is 0 Å². The molecule has 0 amide bonds. The average molecular weight is 204 g/mol. The molecule has 4 nitrogen and oxygen atoms in total. The van der Waals surface area contributed by atoms with Crippen molar-refractivity contribution in [3.05, 3.63) is 12.7 Å². The minimum absolute atomic E-state index is 0.169. The number of Topliss-reactive ketones (excluding diaryl/α,β-unsaturated/α-hetero) is 1. The molecule has 0 aliphatic carbocycles. The Morgan fingerprint density at radius 2 is 2.00 bits per heavy atom. The number of rotatable bonds is 7. The third-order valence-electron chi connectivity index (χ3n) is 1.48. The Hall–Kier alpha value is -0.440. The first-order valence-electron chi connectivity index (χ1n) is 4.09. The molecule has 0 aromatic heterocycles. The van der Waals surface area contributed by atoms with Crippen LogP contribution >= 0.6 is 7.60 Å². The maximum Gasteiger partial charge on any atom is 0.137 e. The lowest BCUT2D eigenvalue weighted by Crippen LogP contribution is -2.21. The van der Waals surface area contributed by atoms with E-state index in [0.717, 1.165) is 12.8 Å². The third kappa shape index (κ3) is 9.47. The van der Waals surface area contributed by atoms with Crippen molar-refractivity contribution in [2.75, 3.05) is 6.16 Å². The molecular weight excluding hydrogens is 191 g/mol. The van der Waals surface area contributed by atoms with Gasteiger partial charge in [-0.05, 0) is 19.3 Å². The summed E-state index contributed by atoms with van der Waals surface area (Å²) in [5.74, 6) is -0.489. The van der Waals surface area contributed by atoms with E-state index in [1.807, 2.05) is 0 Å². The molecule has 0 N–H and O–H groups in total. The van der Waals surface area contributed by atoms with E-state index in [4.69, 9.17) is 0 Å². The highest BCUT2D eigenvalue weighted by Crippen LogP contribution is 2.23. The van der Waals surface area contributed by atoms with E-state index in [-0.39, 0.29) is 6.42 Å². The summed E-state index contributed by atoms with van der Waals surface area (Å²) in [4.78, 5) is 31.2. The highest BCUT2D eigenvalue weighted by atomic mass is 31.2. The Kier molecular flexibility index (Phi) is 5.88. The molecule has 13 heavy (non-hydrogen) atoms. The van der Waals surface area contributed by atoms with Gasteiger partial charge < -0.3 is 14.4 Å². The van der Waals surface area contributed by atoms with Crippen LogP contribution in [0.2, 0.25) is 0 Å². The van der Waals surface area contributed by atoms with Gasteiger partial charge in [0.25, 0.3) is 0 Å². The van der Waals surface area contributed by atoms with Gasteiger partial charge in [0.1, 0.15) is 5.78 Å². The molecule has 0 aliphatic rings. The third-order valence-corrected chi connectivity index (χ3v) is 2.22. The number of hydrogen-bond donors (Lipinski definition) is 0. The van der Waals surface area contributed by atoms with Gasteiger partial charge in [0, 0.05) is 12.6 Å². The fourth-order valence-corrected chi connectivity index (χ4v) is 1.50. The zero-order chi connectivity index (χ0) is 10.3. The van der Waals surface area contributed by atoms with Gasteiger partial charge in [-0.2, -0.15) is 0 Å². The first kappa shape index (κ1) is 12.6. The zero-order valence-corrected chi connectivity index (χ0v) is 8.29. The summed E-state index contributed by atoms with van der Waals surface area (Å²) < 4.78 is 10.2. The summed E-state index contributed by atoms with van der Waals surface area (Å²) in [7, 11) is -4.65. The predicted octanol–water partition coefficient (Wildman–Crippen LogP) is 0.216. The van der Waals surface area contributed by atoms with Crippen molar-refractivity contribution >= 4 is 13.4 Å². The number of hydrogen-bond acceptors (Lipinski definition) is 4. The molecule has 0 unspecified atom stereocenters. The average Bonchev–Trinajstić information content (AvgIpc) is 1.94. The number of carbonyl (C=O) groups is 1. The fraction of sp³-hybridized carbons (Fsp3) is 0.625. The molecule has 0 bridgehead atoms. The number of carbonyl (C=O) groups excluding carboxylic acids is 1. The Morgan fingerprint density at radius 3 is 2.46 bits per heavy atom. The molecule has 0 fully saturated rings. The standard InChI is InChI=1S/C8H15O4P/c1-2-3-4-5-6-8(9)7-13(10,11)12/h2H,1,3-7H2,(H2,10,11,12)/p-2. The molecule has 0 atom stereocenters. The van der Waals surface area contributed by atoms with E-state index in [9.17, 15) is 19.1 Å². The minimum atomic E-state index is -4.65. The molecule has 76 valence electrons. The van der Waals surface area contributed by atoms with Crippen molar-refractivity contribution in [3.8, 4) is 0 Å². The van der Waals surface area contributed by atoms with Gasteiger partial charge in [-0.1, -0.05) is 13.7 Å². The first-order chi connectivity index (χ1) is 5.95. The molecule has 0 heterocycles. The first-order valence-corrected chi connectivity index (χ1v) is 5.82.